The molecule has 0 amide bonds. The monoisotopic (exact) mass is 256 g/mol. The van der Waals surface area contributed by atoms with Gasteiger partial charge in [0.15, 0.2) is 0 Å². The molecule has 0 spiro atoms. The van der Waals surface area contributed by atoms with Crippen molar-refractivity contribution >= 4 is 17.5 Å². The van der Waals surface area contributed by atoms with E-state index < -0.39 is 0 Å². The van der Waals surface area contributed by atoms with Gasteiger partial charge in [0.25, 0.3) is 0 Å². The van der Waals surface area contributed by atoms with E-state index in [0.29, 0.717) is 17.9 Å². The largest absolute Gasteiger partial charge is 0.467 e. The highest BCUT2D eigenvalue weighted by molar-refractivity contribution is 6.28. The number of rotatable bonds is 5. The Balaban J connectivity index is 2.25. The molecule has 5 nitrogen and oxygen atoms in total. The SMILES string of the molecule is COc1nc(Cl)nc(N(CC(C)C)C2CC2)n1. The normalized spacial score (nSPS) is 15.1. The summed E-state index contributed by atoms with van der Waals surface area (Å²) in [7, 11) is 1.53. The third-order valence-corrected chi connectivity index (χ3v) is 2.73. The van der Waals surface area contributed by atoms with E-state index in [-0.39, 0.29) is 11.3 Å². The molecular formula is C11H17ClN4O. The minimum Gasteiger partial charge on any atom is -0.467 e. The first-order chi connectivity index (χ1) is 8.10. The van der Waals surface area contributed by atoms with Gasteiger partial charge in [-0.3, -0.25) is 0 Å². The number of methoxy groups -OCH3 is 1. The highest BCUT2D eigenvalue weighted by atomic mass is 35.5. The summed E-state index contributed by atoms with van der Waals surface area (Å²) in [6.45, 7) is 5.28. The van der Waals surface area contributed by atoms with Gasteiger partial charge in [0.1, 0.15) is 0 Å². The molecule has 0 saturated heterocycles. The van der Waals surface area contributed by atoms with Gasteiger partial charge in [-0.05, 0) is 30.4 Å². The topological polar surface area (TPSA) is 51.1 Å². The van der Waals surface area contributed by atoms with E-state index in [2.05, 4.69) is 33.7 Å². The molecule has 0 N–H and O–H groups in total. The highest BCUT2D eigenvalue weighted by Crippen LogP contribution is 2.31. The lowest BCUT2D eigenvalue weighted by Crippen LogP contribution is -2.31. The molecule has 0 unspecified atom stereocenters. The van der Waals surface area contributed by atoms with Gasteiger partial charge in [0, 0.05) is 12.6 Å². The minimum absolute atomic E-state index is 0.182. The zero-order chi connectivity index (χ0) is 12.4. The van der Waals surface area contributed by atoms with Crippen LogP contribution in [-0.2, 0) is 0 Å². The first-order valence-electron chi connectivity index (χ1n) is 5.82. The molecule has 0 aliphatic heterocycles. The molecule has 1 aliphatic rings. The van der Waals surface area contributed by atoms with Gasteiger partial charge in [0.2, 0.25) is 11.2 Å². The molecule has 1 saturated carbocycles. The van der Waals surface area contributed by atoms with E-state index in [1.54, 1.807) is 0 Å². The van der Waals surface area contributed by atoms with Crippen LogP contribution in [0, 0.1) is 5.92 Å². The summed E-state index contributed by atoms with van der Waals surface area (Å²) < 4.78 is 5.02. The van der Waals surface area contributed by atoms with E-state index in [9.17, 15) is 0 Å². The summed E-state index contributed by atoms with van der Waals surface area (Å²) in [6.07, 6.45) is 2.39. The van der Waals surface area contributed by atoms with Crippen molar-refractivity contribution in [3.05, 3.63) is 5.28 Å². The van der Waals surface area contributed by atoms with Gasteiger partial charge >= 0.3 is 6.01 Å². The van der Waals surface area contributed by atoms with Crippen LogP contribution >= 0.6 is 11.6 Å². The second-order valence-electron chi connectivity index (χ2n) is 4.67. The standard InChI is InChI=1S/C11H17ClN4O/c1-7(2)6-16(8-4-5-8)10-13-9(12)14-11(15-10)17-3/h7-8H,4-6H2,1-3H3. The van der Waals surface area contributed by atoms with Gasteiger partial charge in [-0.25, -0.2) is 0 Å². The average Bonchev–Trinajstić information content (AvgIpc) is 3.08. The summed E-state index contributed by atoms with van der Waals surface area (Å²) >= 11 is 5.87. The van der Waals surface area contributed by atoms with Gasteiger partial charge in [-0.2, -0.15) is 15.0 Å². The van der Waals surface area contributed by atoms with Crippen molar-refractivity contribution in [2.75, 3.05) is 18.6 Å². The van der Waals surface area contributed by atoms with E-state index in [1.807, 2.05) is 0 Å². The predicted octanol–water partition coefficient (Wildman–Crippen LogP) is 2.16. The maximum atomic E-state index is 5.87. The Morgan fingerprint density at radius 2 is 2.06 bits per heavy atom. The first-order valence-corrected chi connectivity index (χ1v) is 6.20. The van der Waals surface area contributed by atoms with E-state index in [0.717, 1.165) is 6.54 Å². The predicted molar refractivity (Wildman–Crippen MR) is 66.6 cm³/mol. The molecule has 0 atom stereocenters. The minimum atomic E-state index is 0.182. The van der Waals surface area contributed by atoms with Crippen LogP contribution in [0.4, 0.5) is 5.95 Å². The van der Waals surface area contributed by atoms with Gasteiger partial charge < -0.3 is 9.64 Å². The van der Waals surface area contributed by atoms with Crippen LogP contribution in [-0.4, -0.2) is 34.6 Å². The van der Waals surface area contributed by atoms with Crippen LogP contribution in [0.2, 0.25) is 5.28 Å². The number of ether oxygens (including phenoxy) is 1. The molecule has 2 rings (SSSR count). The third-order valence-electron chi connectivity index (χ3n) is 2.56. The zero-order valence-corrected chi connectivity index (χ0v) is 11.1. The fourth-order valence-electron chi connectivity index (χ4n) is 1.72. The maximum Gasteiger partial charge on any atom is 0.322 e. The quantitative estimate of drug-likeness (QED) is 0.808. The van der Waals surface area contributed by atoms with E-state index in [4.69, 9.17) is 16.3 Å². The smallest absolute Gasteiger partial charge is 0.322 e. The molecule has 1 fully saturated rings. The summed E-state index contributed by atoms with van der Waals surface area (Å²) in [5.41, 5.74) is 0. The number of aromatic nitrogens is 3. The molecule has 1 aliphatic carbocycles. The number of hydrogen-bond acceptors (Lipinski definition) is 5. The molecule has 6 heteroatoms. The number of anilines is 1. The Morgan fingerprint density at radius 1 is 1.35 bits per heavy atom. The van der Waals surface area contributed by atoms with Crippen molar-refractivity contribution in [2.45, 2.75) is 32.7 Å². The van der Waals surface area contributed by atoms with Crippen LogP contribution in [0.25, 0.3) is 0 Å². The molecule has 1 aromatic rings. The fraction of sp³-hybridized carbons (Fsp3) is 0.727. The number of nitrogens with zero attached hydrogens (tertiary/aromatic N) is 4. The third kappa shape index (κ3) is 3.19. The molecule has 0 radical (unpaired) electrons. The van der Waals surface area contributed by atoms with Crippen molar-refractivity contribution in [3.8, 4) is 6.01 Å². The van der Waals surface area contributed by atoms with E-state index >= 15 is 0 Å². The van der Waals surface area contributed by atoms with Crippen molar-refractivity contribution in [1.82, 2.24) is 15.0 Å². The van der Waals surface area contributed by atoms with Crippen molar-refractivity contribution in [3.63, 3.8) is 0 Å². The summed E-state index contributed by atoms with van der Waals surface area (Å²) in [5.74, 6) is 1.18. The molecular weight excluding hydrogens is 240 g/mol. The highest BCUT2D eigenvalue weighted by Gasteiger charge is 2.31. The average molecular weight is 257 g/mol. The van der Waals surface area contributed by atoms with Crippen LogP contribution in [0.1, 0.15) is 26.7 Å². The van der Waals surface area contributed by atoms with Gasteiger partial charge in [0.05, 0.1) is 7.11 Å². The lowest BCUT2D eigenvalue weighted by molar-refractivity contribution is 0.377. The summed E-state index contributed by atoms with van der Waals surface area (Å²) in [5, 5.41) is 0.182. The Labute approximate surface area is 106 Å². The Hall–Kier alpha value is -1.10. The number of halogens is 1. The second-order valence-corrected chi connectivity index (χ2v) is 5.01. The fourth-order valence-corrected chi connectivity index (χ4v) is 1.86. The molecule has 0 aromatic carbocycles. The Kier molecular flexibility index (Phi) is 3.66. The van der Waals surface area contributed by atoms with E-state index in [1.165, 1.54) is 20.0 Å². The Bertz CT molecular complexity index is 395. The van der Waals surface area contributed by atoms with Crippen molar-refractivity contribution in [1.29, 1.82) is 0 Å². The molecule has 1 heterocycles. The molecule has 17 heavy (non-hydrogen) atoms. The van der Waals surface area contributed by atoms with Crippen molar-refractivity contribution < 1.29 is 4.74 Å². The van der Waals surface area contributed by atoms with Gasteiger partial charge in [-0.1, -0.05) is 13.8 Å². The molecule has 0 bridgehead atoms. The van der Waals surface area contributed by atoms with Gasteiger partial charge in [-0.15, -0.1) is 0 Å². The van der Waals surface area contributed by atoms with Crippen LogP contribution < -0.4 is 9.64 Å². The molecule has 1 aromatic heterocycles. The second kappa shape index (κ2) is 5.04. The number of hydrogen-bond donors (Lipinski definition) is 0. The summed E-state index contributed by atoms with van der Waals surface area (Å²) in [6, 6.07) is 0.815. The summed E-state index contributed by atoms with van der Waals surface area (Å²) in [4.78, 5) is 14.5. The van der Waals surface area contributed by atoms with Crippen LogP contribution in [0.5, 0.6) is 6.01 Å². The molecule has 94 valence electrons. The Morgan fingerprint density at radius 3 is 2.59 bits per heavy atom. The lowest BCUT2D eigenvalue weighted by atomic mass is 10.2. The first kappa shape index (κ1) is 12.4. The lowest BCUT2D eigenvalue weighted by Gasteiger charge is -2.24. The van der Waals surface area contributed by atoms with Crippen LogP contribution in [0.3, 0.4) is 0 Å². The zero-order valence-electron chi connectivity index (χ0n) is 10.4. The van der Waals surface area contributed by atoms with Crippen LogP contribution in [0.15, 0.2) is 0 Å². The maximum absolute atomic E-state index is 5.87. The van der Waals surface area contributed by atoms with Crippen molar-refractivity contribution in [2.24, 2.45) is 5.92 Å².